The smallest absolute Gasteiger partial charge is 0.0458 e. The second-order valence-corrected chi connectivity index (χ2v) is 3.04. The highest BCUT2D eigenvalue weighted by atomic mass is 14.7. The van der Waals surface area contributed by atoms with Crippen LogP contribution >= 0.6 is 0 Å². The predicted molar refractivity (Wildman–Crippen MR) is 61.2 cm³/mol. The second-order valence-electron chi connectivity index (χ2n) is 3.04. The average molecular weight is 177 g/mol. The van der Waals surface area contributed by atoms with Crippen LogP contribution in [0.2, 0.25) is 0 Å². The summed E-state index contributed by atoms with van der Waals surface area (Å²) in [6.07, 6.45) is 0. The van der Waals surface area contributed by atoms with E-state index in [1.165, 1.54) is 22.2 Å². The molecule has 0 atom stereocenters. The topological polar surface area (TPSA) is 15.8 Å². The number of nitrogens with one attached hydrogen (secondary N) is 1. The van der Waals surface area contributed by atoms with E-state index in [0.717, 1.165) is 0 Å². The molecule has 1 aromatic carbocycles. The molecule has 1 heterocycles. The van der Waals surface area contributed by atoms with Crippen LogP contribution in [0.3, 0.4) is 0 Å². The molecule has 0 saturated heterocycles. The lowest BCUT2D eigenvalue weighted by Crippen LogP contribution is -1.71. The molecule has 0 amide bonds. The minimum Gasteiger partial charge on any atom is -0.359 e. The predicted octanol–water partition coefficient (Wildman–Crippen LogP) is 4.06. The zero-order valence-corrected chi connectivity index (χ0v) is 8.81. The highest BCUT2D eigenvalue weighted by Gasteiger charge is 1.95. The molecule has 0 unspecified atom stereocenters. The summed E-state index contributed by atoms with van der Waals surface area (Å²) in [7, 11) is 0. The molecule has 0 spiro atoms. The Hall–Kier alpha value is -1.24. The normalized spacial score (nSPS) is 9.54. The van der Waals surface area contributed by atoms with Crippen molar-refractivity contribution in [1.82, 2.24) is 4.98 Å². The Morgan fingerprint density at radius 2 is 1.77 bits per heavy atom. The molecule has 0 saturated carbocycles. The largest absolute Gasteiger partial charge is 0.359 e. The molecule has 2 rings (SSSR count). The van der Waals surface area contributed by atoms with Gasteiger partial charge in [-0.15, -0.1) is 0 Å². The van der Waals surface area contributed by atoms with Crippen molar-refractivity contribution >= 4 is 10.9 Å². The van der Waals surface area contributed by atoms with Gasteiger partial charge in [-0.05, 0) is 36.9 Å². The van der Waals surface area contributed by atoms with E-state index in [9.17, 15) is 0 Å². The van der Waals surface area contributed by atoms with Crippen LogP contribution in [0.1, 0.15) is 26.5 Å². The van der Waals surface area contributed by atoms with Crippen molar-refractivity contribution in [2.75, 3.05) is 0 Å². The molecule has 0 radical (unpaired) electrons. The Kier molecular flexibility index (Phi) is 3.13. The monoisotopic (exact) mass is 177 g/mol. The van der Waals surface area contributed by atoms with Crippen LogP contribution in [0.4, 0.5) is 0 Å². The first kappa shape index (κ1) is 9.85. The van der Waals surface area contributed by atoms with Crippen LogP contribution in [0.5, 0.6) is 0 Å². The van der Waals surface area contributed by atoms with Crippen molar-refractivity contribution in [2.45, 2.75) is 27.7 Å². The quantitative estimate of drug-likeness (QED) is 0.624. The van der Waals surface area contributed by atoms with Crippen LogP contribution in [0.25, 0.3) is 10.9 Å². The number of hydrogen-bond donors (Lipinski definition) is 1. The summed E-state index contributed by atoms with van der Waals surface area (Å²) >= 11 is 0. The second kappa shape index (κ2) is 4.13. The van der Waals surface area contributed by atoms with Gasteiger partial charge in [0.25, 0.3) is 0 Å². The van der Waals surface area contributed by atoms with Crippen LogP contribution in [0.15, 0.2) is 24.3 Å². The first-order valence-corrected chi connectivity index (χ1v) is 4.82. The fourth-order valence-corrected chi connectivity index (χ4v) is 1.39. The Bertz CT molecular complexity index is 390. The summed E-state index contributed by atoms with van der Waals surface area (Å²) < 4.78 is 0. The molecule has 1 aromatic heterocycles. The molecular formula is C12H19N. The number of aryl methyl sites for hydroxylation is 2. The standard InChI is InChI=1S/C10H11N.C2H6.H2/c1-7-3-4-9-6-8(2)11-10(9)5-7;1-2;/h3-6,11H,1-2H3;1-2H3;1H. The van der Waals surface area contributed by atoms with Crippen molar-refractivity contribution in [3.05, 3.63) is 35.5 Å². The summed E-state index contributed by atoms with van der Waals surface area (Å²) in [5, 5.41) is 1.30. The van der Waals surface area contributed by atoms with Gasteiger partial charge in [0.1, 0.15) is 0 Å². The third kappa shape index (κ3) is 2.11. The first-order chi connectivity index (χ1) is 6.25. The zero-order chi connectivity index (χ0) is 9.84. The van der Waals surface area contributed by atoms with E-state index in [-0.39, 0.29) is 1.43 Å². The van der Waals surface area contributed by atoms with Crippen LogP contribution in [-0.4, -0.2) is 4.98 Å². The molecule has 1 heteroatoms. The number of H-pyrrole nitrogens is 1. The fourth-order valence-electron chi connectivity index (χ4n) is 1.39. The van der Waals surface area contributed by atoms with Crippen LogP contribution in [0, 0.1) is 13.8 Å². The SMILES string of the molecule is CC.Cc1ccc2cc(C)[nH]c2c1.[HH]. The molecule has 0 aliphatic heterocycles. The molecule has 0 aliphatic carbocycles. The summed E-state index contributed by atoms with van der Waals surface area (Å²) in [6.45, 7) is 8.19. The van der Waals surface area contributed by atoms with E-state index in [0.29, 0.717) is 0 Å². The Morgan fingerprint density at radius 1 is 1.08 bits per heavy atom. The Labute approximate surface area is 81.3 Å². The van der Waals surface area contributed by atoms with Crippen molar-refractivity contribution < 1.29 is 1.43 Å². The number of hydrogen-bond acceptors (Lipinski definition) is 0. The van der Waals surface area contributed by atoms with E-state index in [1.54, 1.807) is 0 Å². The number of benzene rings is 1. The van der Waals surface area contributed by atoms with Gasteiger partial charge < -0.3 is 4.98 Å². The van der Waals surface area contributed by atoms with Gasteiger partial charge in [0.05, 0.1) is 0 Å². The minimum absolute atomic E-state index is 0. The maximum atomic E-state index is 3.30. The average Bonchev–Trinajstić information content (AvgIpc) is 2.48. The third-order valence-corrected chi connectivity index (χ3v) is 1.91. The van der Waals surface area contributed by atoms with Gasteiger partial charge in [0.2, 0.25) is 0 Å². The third-order valence-electron chi connectivity index (χ3n) is 1.91. The lowest BCUT2D eigenvalue weighted by Gasteiger charge is -1.90. The minimum atomic E-state index is 0. The maximum absolute atomic E-state index is 3.30. The number of fused-ring (bicyclic) bond motifs is 1. The van der Waals surface area contributed by atoms with Gasteiger partial charge in [0.15, 0.2) is 0 Å². The highest BCUT2D eigenvalue weighted by Crippen LogP contribution is 2.15. The maximum Gasteiger partial charge on any atom is 0.0458 e. The number of aromatic nitrogens is 1. The molecule has 0 bridgehead atoms. The molecule has 2 aromatic rings. The van der Waals surface area contributed by atoms with Crippen LogP contribution < -0.4 is 0 Å². The van der Waals surface area contributed by atoms with E-state index in [2.05, 4.69) is 43.1 Å². The zero-order valence-electron chi connectivity index (χ0n) is 8.81. The summed E-state index contributed by atoms with van der Waals surface area (Å²) in [6, 6.07) is 8.61. The van der Waals surface area contributed by atoms with Gasteiger partial charge in [-0.2, -0.15) is 0 Å². The summed E-state index contributed by atoms with van der Waals surface area (Å²) in [4.78, 5) is 3.30. The van der Waals surface area contributed by atoms with Gasteiger partial charge in [-0.3, -0.25) is 0 Å². The van der Waals surface area contributed by atoms with E-state index >= 15 is 0 Å². The Balaban J connectivity index is 0.000000531. The van der Waals surface area contributed by atoms with Crippen molar-refractivity contribution in [3.63, 3.8) is 0 Å². The van der Waals surface area contributed by atoms with Gasteiger partial charge in [-0.25, -0.2) is 0 Å². The molecular weight excluding hydrogens is 158 g/mol. The van der Waals surface area contributed by atoms with E-state index < -0.39 is 0 Å². The Morgan fingerprint density at radius 3 is 2.46 bits per heavy atom. The lowest BCUT2D eigenvalue weighted by atomic mass is 10.2. The van der Waals surface area contributed by atoms with E-state index in [1.807, 2.05) is 13.8 Å². The molecule has 72 valence electrons. The summed E-state index contributed by atoms with van der Waals surface area (Å²) in [5.74, 6) is 0. The van der Waals surface area contributed by atoms with Gasteiger partial charge in [-0.1, -0.05) is 26.0 Å². The van der Waals surface area contributed by atoms with Gasteiger partial charge >= 0.3 is 0 Å². The number of rotatable bonds is 0. The molecule has 13 heavy (non-hydrogen) atoms. The van der Waals surface area contributed by atoms with E-state index in [4.69, 9.17) is 0 Å². The summed E-state index contributed by atoms with van der Waals surface area (Å²) in [5.41, 5.74) is 3.77. The number of aromatic amines is 1. The first-order valence-electron chi connectivity index (χ1n) is 4.82. The van der Waals surface area contributed by atoms with Crippen molar-refractivity contribution in [2.24, 2.45) is 0 Å². The van der Waals surface area contributed by atoms with Crippen molar-refractivity contribution in [3.8, 4) is 0 Å². The van der Waals surface area contributed by atoms with Crippen LogP contribution in [-0.2, 0) is 0 Å². The molecule has 0 aliphatic rings. The molecule has 1 nitrogen and oxygen atoms in total. The van der Waals surface area contributed by atoms with Gasteiger partial charge in [0, 0.05) is 12.6 Å². The van der Waals surface area contributed by atoms with Crippen molar-refractivity contribution in [1.29, 1.82) is 0 Å². The highest BCUT2D eigenvalue weighted by molar-refractivity contribution is 5.80. The lowest BCUT2D eigenvalue weighted by molar-refractivity contribution is 1.30. The fraction of sp³-hybridized carbons (Fsp3) is 0.333. The molecule has 1 N–H and O–H groups in total. The molecule has 0 fully saturated rings.